The molecule has 0 aromatic carbocycles. The van der Waals surface area contributed by atoms with Gasteiger partial charge in [-0.05, 0) is 25.1 Å². The van der Waals surface area contributed by atoms with E-state index in [0.717, 1.165) is 6.07 Å². The molecule has 2 nitrogen and oxygen atoms in total. The second-order valence-electron chi connectivity index (χ2n) is 2.74. The second kappa shape index (κ2) is 4.00. The van der Waals surface area contributed by atoms with E-state index >= 15 is 0 Å². The highest BCUT2D eigenvalue weighted by atomic mass is 19.4. The SMILES string of the molecule is NCCC(F)c1ccc(C(F)(F)F)o1. The lowest BCUT2D eigenvalue weighted by molar-refractivity contribution is -0.153. The van der Waals surface area contributed by atoms with Gasteiger partial charge < -0.3 is 10.2 Å². The minimum Gasteiger partial charge on any atom is -0.453 e. The highest BCUT2D eigenvalue weighted by Crippen LogP contribution is 2.33. The summed E-state index contributed by atoms with van der Waals surface area (Å²) in [7, 11) is 0. The normalized spacial score (nSPS) is 14.4. The standard InChI is InChI=1S/C8H9F4NO/c9-5(3-4-13)6-1-2-7(14-6)8(10,11)12/h1-2,5H,3-4,13H2. The molecule has 0 spiro atoms. The zero-order chi connectivity index (χ0) is 10.8. The average Bonchev–Trinajstić information content (AvgIpc) is 2.51. The molecular weight excluding hydrogens is 202 g/mol. The molecule has 1 aromatic rings. The predicted molar refractivity (Wildman–Crippen MR) is 41.2 cm³/mol. The summed E-state index contributed by atoms with van der Waals surface area (Å²) in [6.45, 7) is 0.0587. The number of furan rings is 1. The number of rotatable bonds is 3. The van der Waals surface area contributed by atoms with Crippen LogP contribution in [0.5, 0.6) is 0 Å². The number of hydrogen-bond donors (Lipinski definition) is 1. The van der Waals surface area contributed by atoms with Gasteiger partial charge in [0, 0.05) is 0 Å². The summed E-state index contributed by atoms with van der Waals surface area (Å²) < 4.78 is 53.3. The van der Waals surface area contributed by atoms with Crippen molar-refractivity contribution in [1.29, 1.82) is 0 Å². The molecule has 1 aromatic heterocycles. The lowest BCUT2D eigenvalue weighted by Crippen LogP contribution is -2.04. The van der Waals surface area contributed by atoms with E-state index in [0.29, 0.717) is 6.07 Å². The Morgan fingerprint density at radius 1 is 1.36 bits per heavy atom. The molecule has 0 saturated heterocycles. The van der Waals surface area contributed by atoms with Gasteiger partial charge >= 0.3 is 6.18 Å². The minimum atomic E-state index is -4.57. The van der Waals surface area contributed by atoms with Gasteiger partial charge in [0.2, 0.25) is 5.76 Å². The first-order chi connectivity index (χ1) is 6.45. The molecule has 0 radical (unpaired) electrons. The highest BCUT2D eigenvalue weighted by molar-refractivity contribution is 5.11. The number of alkyl halides is 4. The summed E-state index contributed by atoms with van der Waals surface area (Å²) in [6, 6.07) is 1.68. The van der Waals surface area contributed by atoms with E-state index in [2.05, 4.69) is 4.42 Å². The van der Waals surface area contributed by atoms with Crippen molar-refractivity contribution in [2.45, 2.75) is 18.8 Å². The summed E-state index contributed by atoms with van der Waals surface area (Å²) in [5.74, 6) is -1.52. The van der Waals surface area contributed by atoms with Crippen molar-refractivity contribution in [1.82, 2.24) is 0 Å². The van der Waals surface area contributed by atoms with Crippen LogP contribution in [0.1, 0.15) is 24.1 Å². The molecule has 80 valence electrons. The van der Waals surface area contributed by atoms with Gasteiger partial charge in [0.1, 0.15) is 5.76 Å². The molecule has 2 N–H and O–H groups in total. The van der Waals surface area contributed by atoms with Crippen LogP contribution in [-0.2, 0) is 6.18 Å². The van der Waals surface area contributed by atoms with Gasteiger partial charge in [-0.25, -0.2) is 4.39 Å². The smallest absolute Gasteiger partial charge is 0.449 e. The third-order valence-electron chi connectivity index (χ3n) is 1.64. The van der Waals surface area contributed by atoms with Gasteiger partial charge in [0.05, 0.1) is 0 Å². The molecule has 1 atom stereocenters. The summed E-state index contributed by atoms with van der Waals surface area (Å²) in [4.78, 5) is 0. The van der Waals surface area contributed by atoms with Crippen molar-refractivity contribution < 1.29 is 22.0 Å². The quantitative estimate of drug-likeness (QED) is 0.780. The molecule has 0 aliphatic heterocycles. The molecule has 0 aliphatic carbocycles. The number of nitrogens with two attached hydrogens (primary N) is 1. The molecule has 1 rings (SSSR count). The predicted octanol–water partition coefficient (Wildman–Crippen LogP) is 2.66. The Labute approximate surface area is 77.7 Å². The number of halogens is 4. The maximum Gasteiger partial charge on any atom is 0.449 e. The van der Waals surface area contributed by atoms with E-state index in [9.17, 15) is 17.6 Å². The van der Waals surface area contributed by atoms with Crippen molar-refractivity contribution in [3.8, 4) is 0 Å². The van der Waals surface area contributed by atoms with E-state index in [1.54, 1.807) is 0 Å². The van der Waals surface area contributed by atoms with E-state index in [4.69, 9.17) is 5.73 Å². The Morgan fingerprint density at radius 2 is 2.00 bits per heavy atom. The fourth-order valence-corrected chi connectivity index (χ4v) is 0.962. The first kappa shape index (κ1) is 11.0. The molecule has 0 amide bonds. The molecule has 0 bridgehead atoms. The zero-order valence-corrected chi connectivity index (χ0v) is 7.14. The van der Waals surface area contributed by atoms with Crippen LogP contribution in [0, 0.1) is 0 Å². The van der Waals surface area contributed by atoms with Crippen LogP contribution in [0.25, 0.3) is 0 Å². The third kappa shape index (κ3) is 2.47. The Balaban J connectivity index is 2.78. The molecule has 0 aliphatic rings. The van der Waals surface area contributed by atoms with Gasteiger partial charge in [-0.3, -0.25) is 0 Å². The van der Waals surface area contributed by atoms with E-state index < -0.39 is 18.1 Å². The molecule has 1 heterocycles. The van der Waals surface area contributed by atoms with Crippen LogP contribution in [0.2, 0.25) is 0 Å². The second-order valence-corrected chi connectivity index (χ2v) is 2.74. The van der Waals surface area contributed by atoms with Gasteiger partial charge in [0.25, 0.3) is 0 Å². The minimum absolute atomic E-state index is 0.0508. The monoisotopic (exact) mass is 211 g/mol. The molecule has 14 heavy (non-hydrogen) atoms. The first-order valence-electron chi connectivity index (χ1n) is 3.96. The fourth-order valence-electron chi connectivity index (χ4n) is 0.962. The van der Waals surface area contributed by atoms with Crippen LogP contribution in [0.4, 0.5) is 17.6 Å². The zero-order valence-electron chi connectivity index (χ0n) is 7.14. The van der Waals surface area contributed by atoms with E-state index in [1.165, 1.54) is 0 Å². The molecular formula is C8H9F4NO. The molecule has 0 fully saturated rings. The Kier molecular flexibility index (Phi) is 3.15. The summed E-state index contributed by atoms with van der Waals surface area (Å²) in [6.07, 6.45) is -6.19. The maximum absolute atomic E-state index is 13.0. The third-order valence-corrected chi connectivity index (χ3v) is 1.64. The van der Waals surface area contributed by atoms with Crippen molar-refractivity contribution in [3.63, 3.8) is 0 Å². The van der Waals surface area contributed by atoms with Crippen molar-refractivity contribution >= 4 is 0 Å². The highest BCUT2D eigenvalue weighted by Gasteiger charge is 2.35. The maximum atomic E-state index is 13.0. The van der Waals surface area contributed by atoms with E-state index in [1.807, 2.05) is 0 Å². The van der Waals surface area contributed by atoms with Crippen LogP contribution >= 0.6 is 0 Å². The van der Waals surface area contributed by atoms with Crippen molar-refractivity contribution in [3.05, 3.63) is 23.7 Å². The van der Waals surface area contributed by atoms with Crippen molar-refractivity contribution in [2.75, 3.05) is 6.54 Å². The van der Waals surface area contributed by atoms with Crippen molar-refractivity contribution in [2.24, 2.45) is 5.73 Å². The molecule has 6 heteroatoms. The lowest BCUT2D eigenvalue weighted by Gasteiger charge is -2.03. The Hall–Kier alpha value is -1.04. The van der Waals surface area contributed by atoms with Crippen LogP contribution < -0.4 is 5.73 Å². The first-order valence-corrected chi connectivity index (χ1v) is 3.96. The van der Waals surface area contributed by atoms with Crippen LogP contribution in [0.3, 0.4) is 0 Å². The average molecular weight is 211 g/mol. The molecule has 0 saturated carbocycles. The van der Waals surface area contributed by atoms with Gasteiger partial charge in [-0.1, -0.05) is 0 Å². The summed E-state index contributed by atoms with van der Waals surface area (Å²) in [5.41, 5.74) is 5.06. The molecule has 1 unspecified atom stereocenters. The number of hydrogen-bond acceptors (Lipinski definition) is 2. The summed E-state index contributed by atoms with van der Waals surface area (Å²) in [5, 5.41) is 0. The van der Waals surface area contributed by atoms with E-state index in [-0.39, 0.29) is 18.7 Å². The Bertz CT molecular complexity index is 294. The Morgan fingerprint density at radius 3 is 2.43 bits per heavy atom. The largest absolute Gasteiger partial charge is 0.453 e. The topological polar surface area (TPSA) is 39.2 Å². The summed E-state index contributed by atoms with van der Waals surface area (Å²) >= 11 is 0. The van der Waals surface area contributed by atoms with Gasteiger partial charge in [-0.15, -0.1) is 0 Å². The van der Waals surface area contributed by atoms with Crippen LogP contribution in [0.15, 0.2) is 16.5 Å². The van der Waals surface area contributed by atoms with Gasteiger partial charge in [0.15, 0.2) is 6.17 Å². The fraction of sp³-hybridized carbons (Fsp3) is 0.500. The lowest BCUT2D eigenvalue weighted by atomic mass is 10.2. The van der Waals surface area contributed by atoms with Gasteiger partial charge in [-0.2, -0.15) is 13.2 Å². The van der Waals surface area contributed by atoms with Crippen LogP contribution in [-0.4, -0.2) is 6.54 Å².